The quantitative estimate of drug-likeness (QED) is 0.108. The maximum atomic E-state index is 4.07. The summed E-state index contributed by atoms with van der Waals surface area (Å²) in [6.45, 7) is 6.03. The van der Waals surface area contributed by atoms with Crippen molar-refractivity contribution < 1.29 is 0 Å². The van der Waals surface area contributed by atoms with Crippen molar-refractivity contribution in [2.45, 2.75) is 19.3 Å². The van der Waals surface area contributed by atoms with Crippen molar-refractivity contribution in [3.63, 3.8) is 0 Å². The Bertz CT molecular complexity index is 303. The molecule has 0 saturated heterocycles. The minimum atomic E-state index is 0. The van der Waals surface area contributed by atoms with Gasteiger partial charge in [-0.3, -0.25) is 9.98 Å². The highest BCUT2D eigenvalue weighted by molar-refractivity contribution is 8.93. The van der Waals surface area contributed by atoms with E-state index in [-0.39, 0.29) is 67.9 Å². The highest BCUT2D eigenvalue weighted by Gasteiger charge is 1.94. The topological polar surface area (TPSA) is 96.9 Å². The van der Waals surface area contributed by atoms with Gasteiger partial charge in [0.1, 0.15) is 0 Å². The van der Waals surface area contributed by atoms with E-state index in [2.05, 4.69) is 41.9 Å². The van der Waals surface area contributed by atoms with Gasteiger partial charge in [-0.05, 0) is 45.4 Å². The fourth-order valence-electron chi connectivity index (χ4n) is 1.99. The van der Waals surface area contributed by atoms with E-state index in [1.807, 2.05) is 14.1 Å². The van der Waals surface area contributed by atoms with Crippen LogP contribution < -0.4 is 31.9 Å². The summed E-state index contributed by atoms with van der Waals surface area (Å²) in [5.74, 6) is 1.69. The fraction of sp³-hybridized carbons (Fsp3) is 0.867. The van der Waals surface area contributed by atoms with E-state index in [1.54, 1.807) is 14.1 Å². The molecular weight excluding hydrogens is 612 g/mol. The first-order valence-electron chi connectivity index (χ1n) is 8.46. The predicted octanol–water partition coefficient (Wildman–Crippen LogP) is 1.24. The second-order valence-electron chi connectivity index (χ2n) is 5.06. The summed E-state index contributed by atoms with van der Waals surface area (Å²) in [6, 6.07) is 0. The van der Waals surface area contributed by atoms with E-state index in [0.29, 0.717) is 0 Å². The minimum Gasteiger partial charge on any atom is -0.359 e. The number of hydrogen-bond acceptors (Lipinski definition) is 4. The van der Waals surface area contributed by atoms with Gasteiger partial charge in [-0.1, -0.05) is 0 Å². The Morgan fingerprint density at radius 2 is 0.852 bits per heavy atom. The van der Waals surface area contributed by atoms with Gasteiger partial charge < -0.3 is 31.9 Å². The van der Waals surface area contributed by atoms with Crippen LogP contribution in [-0.2, 0) is 0 Å². The van der Waals surface area contributed by atoms with Gasteiger partial charge >= 0.3 is 0 Å². The molecule has 0 heterocycles. The zero-order valence-electron chi connectivity index (χ0n) is 16.9. The number of guanidine groups is 2. The lowest BCUT2D eigenvalue weighted by Crippen LogP contribution is -2.36. The van der Waals surface area contributed by atoms with Crippen LogP contribution in [0.4, 0.5) is 0 Å². The van der Waals surface area contributed by atoms with Crippen LogP contribution in [0, 0.1) is 0 Å². The normalized spacial score (nSPS) is 10.4. The van der Waals surface area contributed by atoms with Crippen LogP contribution in [0.5, 0.6) is 0 Å². The largest absolute Gasteiger partial charge is 0.359 e. The molecule has 0 unspecified atom stereocenters. The SMILES string of the molecule is Br.Br.Br.Br.CN=C(NC)NCCCNCCCNCCCNC(=NC)NC. The van der Waals surface area contributed by atoms with Crippen LogP contribution >= 0.6 is 67.9 Å². The lowest BCUT2D eigenvalue weighted by molar-refractivity contribution is 0.571. The Balaban J connectivity index is -0.000000403. The van der Waals surface area contributed by atoms with E-state index in [9.17, 15) is 0 Å². The summed E-state index contributed by atoms with van der Waals surface area (Å²) in [7, 11) is 7.29. The lowest BCUT2D eigenvalue weighted by Gasteiger charge is -2.10. The second-order valence-corrected chi connectivity index (χ2v) is 5.06. The van der Waals surface area contributed by atoms with Gasteiger partial charge in [-0.2, -0.15) is 0 Å². The summed E-state index contributed by atoms with van der Waals surface area (Å²) in [6.07, 6.45) is 3.33. The summed E-state index contributed by atoms with van der Waals surface area (Å²) < 4.78 is 0. The molecule has 0 rings (SSSR count). The van der Waals surface area contributed by atoms with Gasteiger partial charge in [0.05, 0.1) is 0 Å². The van der Waals surface area contributed by atoms with Crippen molar-refractivity contribution in [2.24, 2.45) is 9.98 Å². The van der Waals surface area contributed by atoms with E-state index < -0.39 is 0 Å². The predicted molar refractivity (Wildman–Crippen MR) is 142 cm³/mol. The van der Waals surface area contributed by atoms with Crippen molar-refractivity contribution >= 4 is 79.8 Å². The van der Waals surface area contributed by atoms with Crippen LogP contribution in [-0.4, -0.2) is 79.4 Å². The molecule has 8 nitrogen and oxygen atoms in total. The number of aliphatic imine (C=N–C) groups is 2. The molecule has 0 atom stereocenters. The Hall–Kier alpha value is 0.380. The van der Waals surface area contributed by atoms with Crippen molar-refractivity contribution in [3.05, 3.63) is 0 Å². The van der Waals surface area contributed by atoms with Crippen LogP contribution in [0.2, 0.25) is 0 Å². The van der Waals surface area contributed by atoms with E-state index >= 15 is 0 Å². The van der Waals surface area contributed by atoms with E-state index in [4.69, 9.17) is 0 Å². The zero-order chi connectivity index (χ0) is 17.2. The average Bonchev–Trinajstić information content (AvgIpc) is 2.59. The van der Waals surface area contributed by atoms with Crippen LogP contribution in [0.3, 0.4) is 0 Å². The molecule has 0 fully saturated rings. The van der Waals surface area contributed by atoms with Crippen molar-refractivity contribution in [3.8, 4) is 0 Å². The summed E-state index contributed by atoms with van der Waals surface area (Å²) >= 11 is 0. The third-order valence-electron chi connectivity index (χ3n) is 3.27. The summed E-state index contributed by atoms with van der Waals surface area (Å²) in [5.41, 5.74) is 0. The molecule has 0 aliphatic heterocycles. The van der Waals surface area contributed by atoms with Crippen molar-refractivity contribution in [2.75, 3.05) is 67.5 Å². The maximum absolute atomic E-state index is 4.07. The molecule has 6 N–H and O–H groups in total. The van der Waals surface area contributed by atoms with Gasteiger partial charge in [-0.25, -0.2) is 0 Å². The number of halogens is 4. The van der Waals surface area contributed by atoms with Crippen LogP contribution in [0.25, 0.3) is 0 Å². The molecule has 0 saturated carbocycles. The van der Waals surface area contributed by atoms with Crippen LogP contribution in [0.15, 0.2) is 9.98 Å². The molecule has 27 heavy (non-hydrogen) atoms. The first-order valence-corrected chi connectivity index (χ1v) is 8.46. The molecule has 0 bridgehead atoms. The molecule has 0 aromatic heterocycles. The molecule has 0 aromatic rings. The molecule has 0 aromatic carbocycles. The third kappa shape index (κ3) is 26.4. The van der Waals surface area contributed by atoms with Gasteiger partial charge in [-0.15, -0.1) is 67.9 Å². The number of hydrogen-bond donors (Lipinski definition) is 6. The standard InChI is InChI=1S/C15H36N8.4BrH/c1-16-14(17-2)22-12-6-10-20-8-5-9-21-11-7-13-23-15(18-3)19-4;;;;/h20-21H,5-13H2,1-4H3,(H2,16,17,22)(H2,18,19,23);4*1H. The maximum Gasteiger partial charge on any atom is 0.190 e. The van der Waals surface area contributed by atoms with Gasteiger partial charge in [0.25, 0.3) is 0 Å². The molecule has 0 radical (unpaired) electrons. The monoisotopic (exact) mass is 648 g/mol. The Labute approximate surface area is 207 Å². The zero-order valence-corrected chi connectivity index (χ0v) is 23.7. The van der Waals surface area contributed by atoms with Gasteiger partial charge in [0.2, 0.25) is 0 Å². The number of rotatable bonds is 12. The van der Waals surface area contributed by atoms with E-state index in [0.717, 1.165) is 70.5 Å². The first-order chi connectivity index (χ1) is 11.3. The van der Waals surface area contributed by atoms with Crippen molar-refractivity contribution in [1.82, 2.24) is 31.9 Å². The average molecular weight is 652 g/mol. The summed E-state index contributed by atoms with van der Waals surface area (Å²) in [5, 5.41) is 19.4. The lowest BCUT2D eigenvalue weighted by atomic mass is 10.3. The summed E-state index contributed by atoms with van der Waals surface area (Å²) in [4.78, 5) is 8.13. The Morgan fingerprint density at radius 3 is 1.11 bits per heavy atom. The van der Waals surface area contributed by atoms with Crippen LogP contribution in [0.1, 0.15) is 19.3 Å². The number of nitrogens with one attached hydrogen (secondary N) is 6. The molecule has 0 spiro atoms. The highest BCUT2D eigenvalue weighted by Crippen LogP contribution is 1.79. The van der Waals surface area contributed by atoms with Gasteiger partial charge in [0.15, 0.2) is 11.9 Å². The molecule has 12 heteroatoms. The Kier molecular flexibility index (Phi) is 43.8. The molecule has 0 aliphatic rings. The van der Waals surface area contributed by atoms with Gasteiger partial charge in [0, 0.05) is 41.3 Å². The fourth-order valence-corrected chi connectivity index (χ4v) is 1.99. The van der Waals surface area contributed by atoms with Crippen molar-refractivity contribution in [1.29, 1.82) is 0 Å². The Morgan fingerprint density at radius 1 is 0.556 bits per heavy atom. The first kappa shape index (κ1) is 38.0. The van der Waals surface area contributed by atoms with E-state index in [1.165, 1.54) is 0 Å². The molecule has 0 amide bonds. The molecule has 0 aliphatic carbocycles. The molecular formula is C15H40Br4N8. The highest BCUT2D eigenvalue weighted by atomic mass is 79.9. The number of nitrogens with zero attached hydrogens (tertiary/aromatic N) is 2. The smallest absolute Gasteiger partial charge is 0.190 e. The second kappa shape index (κ2) is 31.1. The molecule has 168 valence electrons. The third-order valence-corrected chi connectivity index (χ3v) is 3.27. The minimum absolute atomic E-state index is 0.